The van der Waals surface area contributed by atoms with Gasteiger partial charge in [0.2, 0.25) is 0 Å². The summed E-state index contributed by atoms with van der Waals surface area (Å²) >= 11 is 0. The normalized spacial score (nSPS) is 11.4. The highest BCUT2D eigenvalue weighted by Gasteiger charge is 2.25. The minimum absolute atomic E-state index is 0.587. The number of unbranched alkanes of at least 4 members (excludes halogenated alkanes) is 1. The summed E-state index contributed by atoms with van der Waals surface area (Å²) in [4.78, 5) is 10.9. The second-order valence-electron chi connectivity index (χ2n) is 4.88. The van der Waals surface area contributed by atoms with Crippen LogP contribution in [0.1, 0.15) is 38.7 Å². The molecule has 1 aromatic rings. The average Bonchev–Trinajstić information content (AvgIpc) is 2.26. The van der Waals surface area contributed by atoms with E-state index in [2.05, 4.69) is 12.1 Å². The van der Waals surface area contributed by atoms with Gasteiger partial charge in [0.25, 0.3) is 0 Å². The number of aliphatic carboxylic acids is 1. The molecule has 1 aromatic carbocycles. The van der Waals surface area contributed by atoms with Gasteiger partial charge in [-0.1, -0.05) is 36.8 Å². The molecule has 1 rings (SSSR count). The summed E-state index contributed by atoms with van der Waals surface area (Å²) < 4.78 is 0. The number of rotatable bonds is 6. The molecule has 1 N–H and O–H groups in total. The van der Waals surface area contributed by atoms with Crippen molar-refractivity contribution in [2.45, 2.75) is 39.5 Å². The Morgan fingerprint density at radius 1 is 1.19 bits per heavy atom. The first-order valence-electron chi connectivity index (χ1n) is 5.80. The third kappa shape index (κ3) is 4.05. The van der Waals surface area contributed by atoms with Crippen LogP contribution in [0.2, 0.25) is 0 Å². The summed E-state index contributed by atoms with van der Waals surface area (Å²) in [6, 6.07) is 10.3. The number of hydrogen-bond acceptors (Lipinski definition) is 1. The molecular weight excluding hydrogens is 200 g/mol. The Labute approximate surface area is 97.3 Å². The maximum atomic E-state index is 10.9. The third-order valence-electron chi connectivity index (χ3n) is 2.94. The van der Waals surface area contributed by atoms with E-state index < -0.39 is 11.4 Å². The molecule has 0 aliphatic heterocycles. The van der Waals surface area contributed by atoms with Gasteiger partial charge < -0.3 is 5.11 Å². The van der Waals surface area contributed by atoms with Gasteiger partial charge in [0.15, 0.2) is 0 Å². The van der Waals surface area contributed by atoms with Gasteiger partial charge in [-0.15, -0.1) is 0 Å². The SMILES string of the molecule is CC(C)(CCCCc1ccccc1)C(=O)O. The van der Waals surface area contributed by atoms with E-state index in [9.17, 15) is 4.79 Å². The molecule has 0 amide bonds. The number of aryl methyl sites for hydroxylation is 1. The van der Waals surface area contributed by atoms with Crippen molar-refractivity contribution in [3.63, 3.8) is 0 Å². The van der Waals surface area contributed by atoms with Crippen LogP contribution in [0.4, 0.5) is 0 Å². The lowest BCUT2D eigenvalue weighted by Crippen LogP contribution is -2.23. The fourth-order valence-corrected chi connectivity index (χ4v) is 1.65. The number of carboxylic acid groups (broad SMARTS) is 1. The monoisotopic (exact) mass is 220 g/mol. The van der Waals surface area contributed by atoms with E-state index in [1.54, 1.807) is 13.8 Å². The molecule has 0 radical (unpaired) electrons. The van der Waals surface area contributed by atoms with Crippen molar-refractivity contribution in [3.05, 3.63) is 35.9 Å². The third-order valence-corrected chi connectivity index (χ3v) is 2.94. The predicted octanol–water partition coefficient (Wildman–Crippen LogP) is 3.51. The lowest BCUT2D eigenvalue weighted by molar-refractivity contribution is -0.147. The van der Waals surface area contributed by atoms with Crippen LogP contribution in [0.15, 0.2) is 30.3 Å². The van der Waals surface area contributed by atoms with Crippen LogP contribution in [0.3, 0.4) is 0 Å². The Morgan fingerprint density at radius 3 is 2.38 bits per heavy atom. The molecule has 0 aliphatic rings. The Hall–Kier alpha value is -1.31. The van der Waals surface area contributed by atoms with Gasteiger partial charge in [-0.05, 0) is 38.7 Å². The van der Waals surface area contributed by atoms with Crippen molar-refractivity contribution >= 4 is 5.97 Å². The molecule has 2 heteroatoms. The second kappa shape index (κ2) is 5.69. The molecule has 0 spiro atoms. The minimum Gasteiger partial charge on any atom is -0.481 e. The first-order valence-corrected chi connectivity index (χ1v) is 5.80. The maximum Gasteiger partial charge on any atom is 0.309 e. The molecule has 16 heavy (non-hydrogen) atoms. The number of carboxylic acids is 1. The topological polar surface area (TPSA) is 37.3 Å². The van der Waals surface area contributed by atoms with Crippen LogP contribution >= 0.6 is 0 Å². The molecule has 0 bridgehead atoms. The van der Waals surface area contributed by atoms with E-state index in [-0.39, 0.29) is 0 Å². The highest BCUT2D eigenvalue weighted by molar-refractivity contribution is 5.73. The summed E-state index contributed by atoms with van der Waals surface area (Å²) in [5.41, 5.74) is 0.743. The maximum absolute atomic E-state index is 10.9. The van der Waals surface area contributed by atoms with Crippen molar-refractivity contribution < 1.29 is 9.90 Å². The summed E-state index contributed by atoms with van der Waals surface area (Å²) in [6.07, 6.45) is 3.81. The van der Waals surface area contributed by atoms with Crippen molar-refractivity contribution in [2.75, 3.05) is 0 Å². The second-order valence-corrected chi connectivity index (χ2v) is 4.88. The standard InChI is InChI=1S/C14H20O2/c1-14(2,13(15)16)11-7-6-10-12-8-4-3-5-9-12/h3-5,8-9H,6-7,10-11H2,1-2H3,(H,15,16). The molecule has 0 aromatic heterocycles. The zero-order valence-corrected chi connectivity index (χ0v) is 10.1. The van der Waals surface area contributed by atoms with E-state index in [1.165, 1.54) is 5.56 Å². The van der Waals surface area contributed by atoms with E-state index in [0.29, 0.717) is 0 Å². The molecule has 88 valence electrons. The number of carbonyl (C=O) groups is 1. The zero-order valence-electron chi connectivity index (χ0n) is 10.1. The van der Waals surface area contributed by atoms with Crippen LogP contribution < -0.4 is 0 Å². The van der Waals surface area contributed by atoms with Gasteiger partial charge in [0, 0.05) is 0 Å². The molecule has 0 atom stereocenters. The van der Waals surface area contributed by atoms with Crippen molar-refractivity contribution in [2.24, 2.45) is 5.41 Å². The quantitative estimate of drug-likeness (QED) is 0.745. The molecule has 0 heterocycles. The van der Waals surface area contributed by atoms with Crippen LogP contribution in [0, 0.1) is 5.41 Å². The Balaban J connectivity index is 2.25. The van der Waals surface area contributed by atoms with Gasteiger partial charge in [-0.2, -0.15) is 0 Å². The summed E-state index contributed by atoms with van der Waals surface area (Å²) in [5, 5.41) is 8.96. The van der Waals surface area contributed by atoms with Crippen LogP contribution in [0.25, 0.3) is 0 Å². The largest absolute Gasteiger partial charge is 0.481 e. The van der Waals surface area contributed by atoms with E-state index >= 15 is 0 Å². The lowest BCUT2D eigenvalue weighted by Gasteiger charge is -2.18. The van der Waals surface area contributed by atoms with Crippen LogP contribution in [-0.4, -0.2) is 11.1 Å². The molecule has 0 aliphatic carbocycles. The predicted molar refractivity (Wildman–Crippen MR) is 65.4 cm³/mol. The van der Waals surface area contributed by atoms with Gasteiger partial charge in [-0.25, -0.2) is 0 Å². The van der Waals surface area contributed by atoms with Gasteiger partial charge in [-0.3, -0.25) is 4.79 Å². The molecule has 0 fully saturated rings. The van der Waals surface area contributed by atoms with Crippen LogP contribution in [-0.2, 0) is 11.2 Å². The minimum atomic E-state index is -0.702. The van der Waals surface area contributed by atoms with E-state index in [4.69, 9.17) is 5.11 Å². The lowest BCUT2D eigenvalue weighted by atomic mass is 9.87. The zero-order chi connectivity index (χ0) is 12.0. The number of benzene rings is 1. The van der Waals surface area contributed by atoms with Crippen molar-refractivity contribution in [3.8, 4) is 0 Å². The van der Waals surface area contributed by atoms with E-state index in [0.717, 1.165) is 25.7 Å². The summed E-state index contributed by atoms with van der Waals surface area (Å²) in [7, 11) is 0. The highest BCUT2D eigenvalue weighted by atomic mass is 16.4. The van der Waals surface area contributed by atoms with Gasteiger partial charge in [0.05, 0.1) is 5.41 Å². The Morgan fingerprint density at radius 2 is 1.81 bits per heavy atom. The molecule has 0 saturated heterocycles. The molecular formula is C14H20O2. The smallest absolute Gasteiger partial charge is 0.309 e. The van der Waals surface area contributed by atoms with Crippen molar-refractivity contribution in [1.82, 2.24) is 0 Å². The fourth-order valence-electron chi connectivity index (χ4n) is 1.65. The number of hydrogen-bond donors (Lipinski definition) is 1. The first-order chi connectivity index (χ1) is 7.52. The molecule has 2 nitrogen and oxygen atoms in total. The van der Waals surface area contributed by atoms with Gasteiger partial charge >= 0.3 is 5.97 Å². The molecule has 0 saturated carbocycles. The Bertz CT molecular complexity index is 328. The Kier molecular flexibility index (Phi) is 4.53. The highest BCUT2D eigenvalue weighted by Crippen LogP contribution is 2.23. The van der Waals surface area contributed by atoms with E-state index in [1.807, 2.05) is 18.2 Å². The van der Waals surface area contributed by atoms with Gasteiger partial charge in [0.1, 0.15) is 0 Å². The summed E-state index contributed by atoms with van der Waals surface area (Å²) in [5.74, 6) is -0.702. The fraction of sp³-hybridized carbons (Fsp3) is 0.500. The molecule has 0 unspecified atom stereocenters. The van der Waals surface area contributed by atoms with Crippen LogP contribution in [0.5, 0.6) is 0 Å². The average molecular weight is 220 g/mol. The summed E-state index contributed by atoms with van der Waals surface area (Å²) in [6.45, 7) is 3.58. The van der Waals surface area contributed by atoms with Crippen molar-refractivity contribution in [1.29, 1.82) is 0 Å². The first kappa shape index (κ1) is 12.8.